The Morgan fingerprint density at radius 3 is 3.30 bits per heavy atom. The maximum atomic E-state index is 4.08. The number of aryl methyl sites for hydroxylation is 1. The lowest BCUT2D eigenvalue weighted by atomic mass is 10.4. The van der Waals surface area contributed by atoms with E-state index in [2.05, 4.69) is 22.3 Å². The number of nitrogens with one attached hydrogen (secondary N) is 1. The Bertz CT molecular complexity index is 216. The SMILES string of the molecule is [CH2]c1nc2n(n1)CCCN2. The van der Waals surface area contributed by atoms with Crippen LogP contribution in [0.4, 0.5) is 5.95 Å². The molecule has 0 atom stereocenters. The van der Waals surface area contributed by atoms with Crippen LogP contribution in [0.2, 0.25) is 0 Å². The summed E-state index contributed by atoms with van der Waals surface area (Å²) in [7, 11) is 0. The summed E-state index contributed by atoms with van der Waals surface area (Å²) in [5, 5.41) is 7.22. The maximum absolute atomic E-state index is 4.08. The number of hydrogen-bond acceptors (Lipinski definition) is 3. The lowest BCUT2D eigenvalue weighted by Gasteiger charge is -2.12. The van der Waals surface area contributed by atoms with Crippen LogP contribution < -0.4 is 5.32 Å². The van der Waals surface area contributed by atoms with Crippen molar-refractivity contribution in [3.63, 3.8) is 0 Å². The number of fused-ring (bicyclic) bond motifs is 1. The molecule has 0 saturated carbocycles. The zero-order valence-electron chi connectivity index (χ0n) is 5.67. The van der Waals surface area contributed by atoms with Crippen molar-refractivity contribution >= 4 is 5.95 Å². The standard InChI is InChI=1S/C6H9N4/c1-5-8-6-7-3-2-4-10(6)9-5/h1-4H2,(H,7,8,9). The fourth-order valence-corrected chi connectivity index (χ4v) is 1.10. The van der Waals surface area contributed by atoms with Crippen molar-refractivity contribution in [2.24, 2.45) is 0 Å². The van der Waals surface area contributed by atoms with Gasteiger partial charge in [0.25, 0.3) is 0 Å². The van der Waals surface area contributed by atoms with E-state index >= 15 is 0 Å². The molecule has 1 aliphatic rings. The van der Waals surface area contributed by atoms with E-state index in [0.717, 1.165) is 25.5 Å². The van der Waals surface area contributed by atoms with Gasteiger partial charge in [-0.2, -0.15) is 10.1 Å². The molecule has 2 rings (SSSR count). The van der Waals surface area contributed by atoms with E-state index in [1.165, 1.54) is 0 Å². The molecule has 10 heavy (non-hydrogen) atoms. The number of hydrogen-bond donors (Lipinski definition) is 1. The summed E-state index contributed by atoms with van der Waals surface area (Å²) in [4.78, 5) is 4.08. The minimum atomic E-state index is 0.601. The molecule has 4 heteroatoms. The molecule has 1 radical (unpaired) electrons. The Balaban J connectivity index is 2.41. The molecule has 0 aromatic carbocycles. The van der Waals surface area contributed by atoms with Crippen LogP contribution in [0.1, 0.15) is 12.2 Å². The van der Waals surface area contributed by atoms with Crippen LogP contribution in [-0.2, 0) is 6.54 Å². The second-order valence-electron chi connectivity index (χ2n) is 2.36. The van der Waals surface area contributed by atoms with E-state index in [-0.39, 0.29) is 0 Å². The van der Waals surface area contributed by atoms with Crippen LogP contribution in [0.5, 0.6) is 0 Å². The highest BCUT2D eigenvalue weighted by Crippen LogP contribution is 2.09. The highest BCUT2D eigenvalue weighted by Gasteiger charge is 2.09. The molecule has 1 N–H and O–H groups in total. The Hall–Kier alpha value is -1.06. The van der Waals surface area contributed by atoms with E-state index in [1.807, 2.05) is 4.68 Å². The Labute approximate surface area is 59.3 Å². The molecule has 0 aliphatic carbocycles. The van der Waals surface area contributed by atoms with E-state index in [0.29, 0.717) is 5.82 Å². The summed E-state index contributed by atoms with van der Waals surface area (Å²) < 4.78 is 1.85. The van der Waals surface area contributed by atoms with Gasteiger partial charge in [0.1, 0.15) is 0 Å². The maximum Gasteiger partial charge on any atom is 0.221 e. The monoisotopic (exact) mass is 137 g/mol. The highest BCUT2D eigenvalue weighted by atomic mass is 15.4. The van der Waals surface area contributed by atoms with Gasteiger partial charge in [-0.25, -0.2) is 4.68 Å². The van der Waals surface area contributed by atoms with E-state index in [1.54, 1.807) is 0 Å². The molecule has 0 bridgehead atoms. The van der Waals surface area contributed by atoms with Crippen molar-refractivity contribution in [1.29, 1.82) is 0 Å². The van der Waals surface area contributed by atoms with Crippen molar-refractivity contribution in [2.45, 2.75) is 13.0 Å². The topological polar surface area (TPSA) is 42.7 Å². The second kappa shape index (κ2) is 1.97. The van der Waals surface area contributed by atoms with Gasteiger partial charge in [-0.15, -0.1) is 0 Å². The predicted octanol–water partition coefficient (Wildman–Crippen LogP) is 0.276. The van der Waals surface area contributed by atoms with Crippen LogP contribution in [0.15, 0.2) is 0 Å². The zero-order chi connectivity index (χ0) is 6.97. The Morgan fingerprint density at radius 2 is 2.50 bits per heavy atom. The van der Waals surface area contributed by atoms with Gasteiger partial charge in [-0.05, 0) is 6.42 Å². The highest BCUT2D eigenvalue weighted by molar-refractivity contribution is 5.26. The number of aromatic nitrogens is 3. The van der Waals surface area contributed by atoms with Crippen molar-refractivity contribution < 1.29 is 0 Å². The second-order valence-corrected chi connectivity index (χ2v) is 2.36. The summed E-state index contributed by atoms with van der Waals surface area (Å²) in [6, 6.07) is 0. The zero-order valence-corrected chi connectivity index (χ0v) is 5.67. The normalized spacial score (nSPS) is 16.1. The van der Waals surface area contributed by atoms with Crippen LogP contribution >= 0.6 is 0 Å². The van der Waals surface area contributed by atoms with Crippen molar-refractivity contribution in [3.05, 3.63) is 12.7 Å². The smallest absolute Gasteiger partial charge is 0.221 e. The third-order valence-electron chi connectivity index (χ3n) is 1.55. The van der Waals surface area contributed by atoms with Gasteiger partial charge in [0.15, 0.2) is 5.82 Å². The van der Waals surface area contributed by atoms with Gasteiger partial charge < -0.3 is 5.32 Å². The Morgan fingerprint density at radius 1 is 1.60 bits per heavy atom. The molecule has 0 saturated heterocycles. The number of anilines is 1. The first kappa shape index (κ1) is 5.70. The summed E-state index contributed by atoms with van der Waals surface area (Å²) in [5.74, 6) is 1.46. The molecule has 0 spiro atoms. The first-order valence-electron chi connectivity index (χ1n) is 3.37. The van der Waals surface area contributed by atoms with Crippen molar-refractivity contribution in [1.82, 2.24) is 14.8 Å². The molecule has 0 amide bonds. The summed E-state index contributed by atoms with van der Waals surface area (Å²) in [5.41, 5.74) is 0. The van der Waals surface area contributed by atoms with Crippen molar-refractivity contribution in [2.75, 3.05) is 11.9 Å². The van der Waals surface area contributed by atoms with Gasteiger partial charge in [0, 0.05) is 20.0 Å². The van der Waals surface area contributed by atoms with E-state index in [4.69, 9.17) is 0 Å². The molecular formula is C6H9N4. The number of rotatable bonds is 0. The van der Waals surface area contributed by atoms with Crippen LogP contribution in [0, 0.1) is 6.92 Å². The van der Waals surface area contributed by atoms with Crippen molar-refractivity contribution in [3.8, 4) is 0 Å². The molecule has 1 aromatic rings. The predicted molar refractivity (Wildman–Crippen MR) is 37.6 cm³/mol. The minimum Gasteiger partial charge on any atom is -0.354 e. The summed E-state index contributed by atoms with van der Waals surface area (Å²) in [6.07, 6.45) is 1.12. The van der Waals surface area contributed by atoms with E-state index in [9.17, 15) is 0 Å². The van der Waals surface area contributed by atoms with Gasteiger partial charge >= 0.3 is 0 Å². The average molecular weight is 137 g/mol. The van der Waals surface area contributed by atoms with E-state index < -0.39 is 0 Å². The molecular weight excluding hydrogens is 128 g/mol. The average Bonchev–Trinajstić information content (AvgIpc) is 2.27. The minimum absolute atomic E-state index is 0.601. The third-order valence-corrected chi connectivity index (χ3v) is 1.55. The van der Waals surface area contributed by atoms with Gasteiger partial charge in [-0.1, -0.05) is 0 Å². The fourth-order valence-electron chi connectivity index (χ4n) is 1.10. The van der Waals surface area contributed by atoms with Gasteiger partial charge in [0.2, 0.25) is 5.95 Å². The first-order valence-corrected chi connectivity index (χ1v) is 3.37. The summed E-state index contributed by atoms with van der Waals surface area (Å²) >= 11 is 0. The van der Waals surface area contributed by atoms with Crippen LogP contribution in [0.25, 0.3) is 0 Å². The van der Waals surface area contributed by atoms with Gasteiger partial charge in [0.05, 0.1) is 0 Å². The molecule has 1 aliphatic heterocycles. The lowest BCUT2D eigenvalue weighted by molar-refractivity contribution is 0.564. The largest absolute Gasteiger partial charge is 0.354 e. The molecule has 53 valence electrons. The molecule has 4 nitrogen and oxygen atoms in total. The number of nitrogens with zero attached hydrogens (tertiary/aromatic N) is 3. The lowest BCUT2D eigenvalue weighted by Crippen LogP contribution is -2.17. The molecule has 2 heterocycles. The fraction of sp³-hybridized carbons (Fsp3) is 0.500. The Kier molecular flexibility index (Phi) is 1.12. The first-order chi connectivity index (χ1) is 4.86. The molecule has 1 aromatic heterocycles. The quantitative estimate of drug-likeness (QED) is 0.558. The van der Waals surface area contributed by atoms with Crippen LogP contribution in [0.3, 0.4) is 0 Å². The van der Waals surface area contributed by atoms with Crippen LogP contribution in [-0.4, -0.2) is 21.3 Å². The van der Waals surface area contributed by atoms with Gasteiger partial charge in [-0.3, -0.25) is 0 Å². The molecule has 0 unspecified atom stereocenters. The third kappa shape index (κ3) is 0.761. The summed E-state index contributed by atoms with van der Waals surface area (Å²) in [6.45, 7) is 5.60. The molecule has 0 fully saturated rings.